The SMILES string of the molecule is COC(=O)c1ccc(CN2CCN(Cc3ccc(OC)c(OC)c3)CC2)cc1. The van der Waals surface area contributed by atoms with E-state index in [1.54, 1.807) is 14.2 Å². The van der Waals surface area contributed by atoms with Crippen LogP contribution in [-0.2, 0) is 17.8 Å². The number of carbonyl (C=O) groups excluding carboxylic acids is 1. The summed E-state index contributed by atoms with van der Waals surface area (Å²) < 4.78 is 15.5. The van der Waals surface area contributed by atoms with Crippen LogP contribution in [0.15, 0.2) is 42.5 Å². The molecule has 0 spiro atoms. The highest BCUT2D eigenvalue weighted by Gasteiger charge is 2.18. The smallest absolute Gasteiger partial charge is 0.337 e. The van der Waals surface area contributed by atoms with Crippen molar-refractivity contribution in [3.63, 3.8) is 0 Å². The molecule has 0 N–H and O–H groups in total. The topological polar surface area (TPSA) is 51.2 Å². The van der Waals surface area contributed by atoms with Crippen LogP contribution in [0.1, 0.15) is 21.5 Å². The first-order valence-corrected chi connectivity index (χ1v) is 9.46. The standard InChI is InChI=1S/C22H28N2O4/c1-26-20-9-6-18(14-21(20)27-2)16-24-12-10-23(11-13-24)15-17-4-7-19(8-5-17)22(25)28-3/h4-9,14H,10-13,15-16H2,1-3H3. The summed E-state index contributed by atoms with van der Waals surface area (Å²) in [6.45, 7) is 5.88. The second-order valence-corrected chi connectivity index (χ2v) is 6.93. The van der Waals surface area contributed by atoms with Crippen LogP contribution >= 0.6 is 0 Å². The molecule has 1 aliphatic heterocycles. The van der Waals surface area contributed by atoms with Crippen molar-refractivity contribution in [1.29, 1.82) is 0 Å². The molecule has 0 amide bonds. The van der Waals surface area contributed by atoms with Crippen LogP contribution < -0.4 is 9.47 Å². The zero-order valence-corrected chi connectivity index (χ0v) is 16.8. The second kappa shape index (κ2) is 9.57. The van der Waals surface area contributed by atoms with Gasteiger partial charge in [0.05, 0.1) is 26.9 Å². The number of methoxy groups -OCH3 is 3. The van der Waals surface area contributed by atoms with E-state index >= 15 is 0 Å². The van der Waals surface area contributed by atoms with E-state index in [1.807, 2.05) is 36.4 Å². The van der Waals surface area contributed by atoms with Crippen molar-refractivity contribution in [2.75, 3.05) is 47.5 Å². The van der Waals surface area contributed by atoms with Gasteiger partial charge in [-0.1, -0.05) is 18.2 Å². The van der Waals surface area contributed by atoms with Crippen molar-refractivity contribution in [2.45, 2.75) is 13.1 Å². The van der Waals surface area contributed by atoms with Crippen LogP contribution in [0.5, 0.6) is 11.5 Å². The number of esters is 1. The highest BCUT2D eigenvalue weighted by molar-refractivity contribution is 5.89. The van der Waals surface area contributed by atoms with E-state index in [1.165, 1.54) is 18.2 Å². The molecule has 0 unspecified atom stereocenters. The summed E-state index contributed by atoms with van der Waals surface area (Å²) in [7, 11) is 4.72. The molecule has 1 aliphatic rings. The molecule has 0 radical (unpaired) electrons. The number of piperazine rings is 1. The maximum absolute atomic E-state index is 11.5. The van der Waals surface area contributed by atoms with Gasteiger partial charge < -0.3 is 14.2 Å². The number of hydrogen-bond acceptors (Lipinski definition) is 6. The lowest BCUT2D eigenvalue weighted by molar-refractivity contribution is 0.0600. The van der Waals surface area contributed by atoms with Gasteiger partial charge >= 0.3 is 5.97 Å². The van der Waals surface area contributed by atoms with Gasteiger partial charge in [-0.2, -0.15) is 0 Å². The lowest BCUT2D eigenvalue weighted by Crippen LogP contribution is -2.45. The Morgan fingerprint density at radius 3 is 1.86 bits per heavy atom. The van der Waals surface area contributed by atoms with Gasteiger partial charge in [0.1, 0.15) is 0 Å². The maximum Gasteiger partial charge on any atom is 0.337 e. The van der Waals surface area contributed by atoms with E-state index in [-0.39, 0.29) is 5.97 Å². The number of rotatable bonds is 7. The summed E-state index contributed by atoms with van der Waals surface area (Å²) in [6, 6.07) is 13.8. The number of carbonyl (C=O) groups is 1. The molecule has 2 aromatic rings. The number of ether oxygens (including phenoxy) is 3. The van der Waals surface area contributed by atoms with E-state index in [4.69, 9.17) is 14.2 Å². The van der Waals surface area contributed by atoms with Crippen molar-refractivity contribution < 1.29 is 19.0 Å². The molecule has 3 rings (SSSR count). The quantitative estimate of drug-likeness (QED) is 0.685. The molecule has 0 bridgehead atoms. The molecule has 2 aromatic carbocycles. The molecule has 28 heavy (non-hydrogen) atoms. The zero-order valence-electron chi connectivity index (χ0n) is 16.8. The highest BCUT2D eigenvalue weighted by atomic mass is 16.5. The Balaban J connectivity index is 1.50. The summed E-state index contributed by atoms with van der Waals surface area (Å²) in [6.07, 6.45) is 0. The zero-order chi connectivity index (χ0) is 19.9. The number of nitrogens with zero attached hydrogens (tertiary/aromatic N) is 2. The minimum atomic E-state index is -0.296. The maximum atomic E-state index is 11.5. The monoisotopic (exact) mass is 384 g/mol. The summed E-state index contributed by atoms with van der Waals surface area (Å²) in [5.41, 5.74) is 3.02. The normalized spacial score (nSPS) is 15.2. The van der Waals surface area contributed by atoms with Crippen LogP contribution in [-0.4, -0.2) is 63.3 Å². The predicted molar refractivity (Wildman–Crippen MR) is 108 cm³/mol. The van der Waals surface area contributed by atoms with Crippen molar-refractivity contribution in [3.05, 3.63) is 59.2 Å². The Morgan fingerprint density at radius 1 is 0.786 bits per heavy atom. The van der Waals surface area contributed by atoms with Crippen LogP contribution in [0, 0.1) is 0 Å². The molecule has 1 saturated heterocycles. The Labute approximate surface area is 166 Å². The molecule has 1 fully saturated rings. The molecular formula is C22H28N2O4. The van der Waals surface area contributed by atoms with E-state index in [9.17, 15) is 4.79 Å². The third kappa shape index (κ3) is 5.03. The van der Waals surface area contributed by atoms with E-state index in [2.05, 4.69) is 15.9 Å². The molecule has 1 heterocycles. The fourth-order valence-electron chi connectivity index (χ4n) is 3.46. The number of hydrogen-bond donors (Lipinski definition) is 0. The second-order valence-electron chi connectivity index (χ2n) is 6.93. The average Bonchev–Trinajstić information content (AvgIpc) is 2.75. The highest BCUT2D eigenvalue weighted by Crippen LogP contribution is 2.28. The lowest BCUT2D eigenvalue weighted by atomic mass is 10.1. The molecule has 0 aromatic heterocycles. The molecular weight excluding hydrogens is 356 g/mol. The Kier molecular flexibility index (Phi) is 6.90. The van der Waals surface area contributed by atoms with Gasteiger partial charge in [0, 0.05) is 39.3 Å². The van der Waals surface area contributed by atoms with Crippen molar-refractivity contribution in [1.82, 2.24) is 9.80 Å². The van der Waals surface area contributed by atoms with Crippen molar-refractivity contribution in [2.24, 2.45) is 0 Å². The van der Waals surface area contributed by atoms with Gasteiger partial charge in [-0.3, -0.25) is 9.80 Å². The molecule has 0 aliphatic carbocycles. The summed E-state index contributed by atoms with van der Waals surface area (Å²) in [5, 5.41) is 0. The Bertz CT molecular complexity index is 784. The molecule has 6 nitrogen and oxygen atoms in total. The van der Waals surface area contributed by atoms with Gasteiger partial charge in [0.25, 0.3) is 0 Å². The van der Waals surface area contributed by atoms with Gasteiger partial charge in [-0.25, -0.2) is 4.79 Å². The van der Waals surface area contributed by atoms with E-state index in [0.717, 1.165) is 50.8 Å². The van der Waals surface area contributed by atoms with Crippen LogP contribution in [0.2, 0.25) is 0 Å². The third-order valence-corrected chi connectivity index (χ3v) is 5.10. The van der Waals surface area contributed by atoms with Gasteiger partial charge in [0.15, 0.2) is 11.5 Å². The van der Waals surface area contributed by atoms with Crippen molar-refractivity contribution in [3.8, 4) is 11.5 Å². The first kappa shape index (κ1) is 20.2. The summed E-state index contributed by atoms with van der Waals surface area (Å²) in [4.78, 5) is 16.4. The molecule has 0 saturated carbocycles. The minimum Gasteiger partial charge on any atom is -0.493 e. The lowest BCUT2D eigenvalue weighted by Gasteiger charge is -2.34. The third-order valence-electron chi connectivity index (χ3n) is 5.10. The molecule has 0 atom stereocenters. The first-order chi connectivity index (χ1) is 13.6. The van der Waals surface area contributed by atoms with E-state index in [0.29, 0.717) is 5.56 Å². The van der Waals surface area contributed by atoms with Crippen LogP contribution in [0.3, 0.4) is 0 Å². The predicted octanol–water partition coefficient (Wildman–Crippen LogP) is 2.81. The summed E-state index contributed by atoms with van der Waals surface area (Å²) >= 11 is 0. The molecule has 150 valence electrons. The van der Waals surface area contributed by atoms with Crippen LogP contribution in [0.4, 0.5) is 0 Å². The summed E-state index contributed by atoms with van der Waals surface area (Å²) in [5.74, 6) is 1.23. The number of benzene rings is 2. The first-order valence-electron chi connectivity index (χ1n) is 9.46. The Morgan fingerprint density at radius 2 is 1.32 bits per heavy atom. The van der Waals surface area contributed by atoms with Crippen LogP contribution in [0.25, 0.3) is 0 Å². The van der Waals surface area contributed by atoms with Gasteiger partial charge in [0.2, 0.25) is 0 Å². The van der Waals surface area contributed by atoms with Gasteiger partial charge in [-0.05, 0) is 35.4 Å². The molecule has 6 heteroatoms. The van der Waals surface area contributed by atoms with Gasteiger partial charge in [-0.15, -0.1) is 0 Å². The fourth-order valence-corrected chi connectivity index (χ4v) is 3.46. The van der Waals surface area contributed by atoms with Crippen molar-refractivity contribution >= 4 is 5.97 Å². The largest absolute Gasteiger partial charge is 0.493 e. The average molecular weight is 384 g/mol. The minimum absolute atomic E-state index is 0.296. The fraction of sp³-hybridized carbons (Fsp3) is 0.409. The van der Waals surface area contributed by atoms with E-state index < -0.39 is 0 Å². The Hall–Kier alpha value is -2.57.